The summed E-state index contributed by atoms with van der Waals surface area (Å²) in [6.07, 6.45) is 1.48. The van der Waals surface area contributed by atoms with Gasteiger partial charge in [0.25, 0.3) is 0 Å². The van der Waals surface area contributed by atoms with E-state index in [9.17, 15) is 4.79 Å². The lowest BCUT2D eigenvalue weighted by molar-refractivity contribution is 0.0821. The van der Waals surface area contributed by atoms with Crippen molar-refractivity contribution in [3.8, 4) is 11.5 Å². The highest BCUT2D eigenvalue weighted by molar-refractivity contribution is 7.98. The molecular weight excluding hydrogens is 422 g/mol. The van der Waals surface area contributed by atoms with Crippen molar-refractivity contribution in [3.05, 3.63) is 76.6 Å². The van der Waals surface area contributed by atoms with Crippen LogP contribution < -0.4 is 9.47 Å². The van der Waals surface area contributed by atoms with E-state index in [1.807, 2.05) is 48.8 Å². The van der Waals surface area contributed by atoms with Gasteiger partial charge >= 0.3 is 0 Å². The number of fused-ring (bicyclic) bond motifs is 1. The third kappa shape index (κ3) is 4.17. The molecule has 4 rings (SSSR count). The van der Waals surface area contributed by atoms with Crippen molar-refractivity contribution in [2.45, 2.75) is 51.3 Å². The van der Waals surface area contributed by atoms with E-state index in [0.29, 0.717) is 30.5 Å². The zero-order valence-corrected chi connectivity index (χ0v) is 19.7. The first-order chi connectivity index (χ1) is 15.4. The number of allylic oxidation sites excluding steroid dienone is 1. The second kappa shape index (κ2) is 9.20. The number of aryl methyl sites for hydroxylation is 2. The maximum atomic E-state index is 12.2. The number of carbonyl (C=O) groups is 1. The van der Waals surface area contributed by atoms with Crippen LogP contribution in [0.2, 0.25) is 0 Å². The van der Waals surface area contributed by atoms with Gasteiger partial charge < -0.3 is 9.47 Å². The molecule has 0 saturated carbocycles. The summed E-state index contributed by atoms with van der Waals surface area (Å²) < 4.78 is 14.0. The summed E-state index contributed by atoms with van der Waals surface area (Å²) in [6, 6.07) is 9.71. The highest BCUT2D eigenvalue weighted by Crippen LogP contribution is 2.36. The van der Waals surface area contributed by atoms with E-state index >= 15 is 0 Å². The topological polar surface area (TPSA) is 66.2 Å². The molecule has 32 heavy (non-hydrogen) atoms. The minimum atomic E-state index is -0.348. The highest BCUT2D eigenvalue weighted by Gasteiger charge is 2.28. The van der Waals surface area contributed by atoms with Crippen LogP contribution >= 0.6 is 11.8 Å². The number of rotatable bonds is 7. The van der Waals surface area contributed by atoms with Crippen molar-refractivity contribution in [3.63, 3.8) is 0 Å². The van der Waals surface area contributed by atoms with Gasteiger partial charge in [0.05, 0.1) is 0 Å². The molecule has 2 aromatic carbocycles. The SMILES string of the molecule is C=CCn1c(SCc2c(C)cc(C)c(C(C)=O)c2C)nnc1C1COc2ccccc2O1. The van der Waals surface area contributed by atoms with Crippen LogP contribution in [0.4, 0.5) is 0 Å². The largest absolute Gasteiger partial charge is 0.485 e. The van der Waals surface area contributed by atoms with Crippen LogP contribution in [0.25, 0.3) is 0 Å². The van der Waals surface area contributed by atoms with Crippen LogP contribution in [-0.4, -0.2) is 27.2 Å². The molecular formula is C25H27N3O3S. The summed E-state index contributed by atoms with van der Waals surface area (Å²) in [5.41, 5.74) is 5.21. The number of aromatic nitrogens is 3. The quantitative estimate of drug-likeness (QED) is 0.273. The molecule has 1 aliphatic rings. The Morgan fingerprint density at radius 1 is 1.22 bits per heavy atom. The third-order valence-corrected chi connectivity index (χ3v) is 6.68. The van der Waals surface area contributed by atoms with E-state index in [4.69, 9.17) is 9.47 Å². The van der Waals surface area contributed by atoms with E-state index < -0.39 is 0 Å². The van der Waals surface area contributed by atoms with Crippen molar-refractivity contribution in [1.29, 1.82) is 0 Å². The van der Waals surface area contributed by atoms with Gasteiger partial charge in [0, 0.05) is 17.9 Å². The van der Waals surface area contributed by atoms with Crippen LogP contribution in [0.3, 0.4) is 0 Å². The predicted molar refractivity (Wildman–Crippen MR) is 126 cm³/mol. The van der Waals surface area contributed by atoms with E-state index in [-0.39, 0.29) is 11.9 Å². The van der Waals surface area contributed by atoms with Gasteiger partial charge in [0.15, 0.2) is 34.4 Å². The van der Waals surface area contributed by atoms with Crippen LogP contribution in [0, 0.1) is 20.8 Å². The minimum absolute atomic E-state index is 0.0955. The normalized spacial score (nSPS) is 14.9. The fourth-order valence-electron chi connectivity index (χ4n) is 4.22. The van der Waals surface area contributed by atoms with Gasteiger partial charge in [0.1, 0.15) is 6.61 Å². The number of thioether (sulfide) groups is 1. The second-order valence-corrected chi connectivity index (χ2v) is 8.88. The first-order valence-corrected chi connectivity index (χ1v) is 11.5. The number of ketones is 1. The number of ether oxygens (including phenoxy) is 2. The van der Waals surface area contributed by atoms with E-state index in [1.165, 1.54) is 5.56 Å². The summed E-state index contributed by atoms with van der Waals surface area (Å²) >= 11 is 1.60. The lowest BCUT2D eigenvalue weighted by Crippen LogP contribution is -2.25. The highest BCUT2D eigenvalue weighted by atomic mass is 32.2. The molecule has 0 fully saturated rings. The summed E-state index contributed by atoms with van der Waals surface area (Å²) in [4.78, 5) is 12.2. The molecule has 0 spiro atoms. The van der Waals surface area contributed by atoms with Crippen molar-refractivity contribution in [2.75, 3.05) is 6.61 Å². The Balaban J connectivity index is 1.60. The molecule has 0 amide bonds. The number of hydrogen-bond acceptors (Lipinski definition) is 6. The lowest BCUT2D eigenvalue weighted by atomic mass is 9.92. The van der Waals surface area contributed by atoms with Gasteiger partial charge in [-0.05, 0) is 62.1 Å². The van der Waals surface area contributed by atoms with Crippen LogP contribution in [-0.2, 0) is 12.3 Å². The van der Waals surface area contributed by atoms with Gasteiger partial charge in [0.2, 0.25) is 0 Å². The van der Waals surface area contributed by atoms with E-state index in [1.54, 1.807) is 18.7 Å². The average Bonchev–Trinajstić information content (AvgIpc) is 3.15. The smallest absolute Gasteiger partial charge is 0.192 e. The molecule has 0 radical (unpaired) electrons. The average molecular weight is 450 g/mol. The number of hydrogen-bond donors (Lipinski definition) is 0. The number of para-hydroxylation sites is 2. The van der Waals surface area contributed by atoms with Crippen molar-refractivity contribution >= 4 is 17.5 Å². The molecule has 7 heteroatoms. The number of Topliss-reactive ketones (excluding diaryl/α,β-unsaturated/α-hetero) is 1. The molecule has 3 aromatic rings. The maximum absolute atomic E-state index is 12.2. The van der Waals surface area contributed by atoms with E-state index in [0.717, 1.165) is 33.2 Å². The molecule has 0 aliphatic carbocycles. The molecule has 1 unspecified atom stereocenters. The summed E-state index contributed by atoms with van der Waals surface area (Å²) in [5, 5.41) is 9.66. The third-order valence-electron chi connectivity index (χ3n) is 5.68. The molecule has 1 atom stereocenters. The molecule has 0 N–H and O–H groups in total. The van der Waals surface area contributed by atoms with Gasteiger partial charge in [-0.3, -0.25) is 9.36 Å². The van der Waals surface area contributed by atoms with Gasteiger partial charge in [-0.1, -0.05) is 36.0 Å². The minimum Gasteiger partial charge on any atom is -0.485 e. The van der Waals surface area contributed by atoms with Gasteiger partial charge in [-0.2, -0.15) is 0 Å². The Morgan fingerprint density at radius 3 is 2.69 bits per heavy atom. The summed E-state index contributed by atoms with van der Waals surface area (Å²) in [7, 11) is 0. The molecule has 1 aromatic heterocycles. The summed E-state index contributed by atoms with van der Waals surface area (Å²) in [6.45, 7) is 12.6. The fourth-order valence-corrected chi connectivity index (χ4v) is 5.36. The molecule has 6 nitrogen and oxygen atoms in total. The molecule has 0 saturated heterocycles. The van der Waals surface area contributed by atoms with Gasteiger partial charge in [-0.15, -0.1) is 16.8 Å². The zero-order valence-electron chi connectivity index (χ0n) is 18.8. The Labute approximate surface area is 192 Å². The Hall–Kier alpha value is -3.06. The predicted octanol–water partition coefficient (Wildman–Crippen LogP) is 5.40. The first-order valence-electron chi connectivity index (χ1n) is 10.6. The number of benzene rings is 2. The first kappa shape index (κ1) is 22.1. The monoisotopic (exact) mass is 449 g/mol. The van der Waals surface area contributed by atoms with Gasteiger partial charge in [-0.25, -0.2) is 0 Å². The standard InChI is InChI=1S/C25H27N3O3S/c1-6-11-28-24(22-13-30-20-9-7-8-10-21(20)31-22)26-27-25(28)32-14-19-15(2)12-16(3)23(17(19)4)18(5)29/h6-10,12,22H,1,11,13-14H2,2-5H3. The van der Waals surface area contributed by atoms with Crippen LogP contribution in [0.5, 0.6) is 11.5 Å². The zero-order chi connectivity index (χ0) is 22.8. The van der Waals surface area contributed by atoms with Crippen molar-refractivity contribution < 1.29 is 14.3 Å². The molecule has 0 bridgehead atoms. The molecule has 1 aliphatic heterocycles. The Morgan fingerprint density at radius 2 is 1.97 bits per heavy atom. The maximum Gasteiger partial charge on any atom is 0.192 e. The summed E-state index contributed by atoms with van der Waals surface area (Å²) in [5.74, 6) is 2.94. The van der Waals surface area contributed by atoms with Crippen LogP contribution in [0.1, 0.15) is 51.5 Å². The van der Waals surface area contributed by atoms with Crippen LogP contribution in [0.15, 0.2) is 48.1 Å². The fraction of sp³-hybridized carbons (Fsp3) is 0.320. The lowest BCUT2D eigenvalue weighted by Gasteiger charge is -2.26. The molecule has 2 heterocycles. The second-order valence-electron chi connectivity index (χ2n) is 7.94. The Bertz CT molecular complexity index is 1190. The van der Waals surface area contributed by atoms with E-state index in [2.05, 4.69) is 29.8 Å². The Kier molecular flexibility index (Phi) is 6.37. The number of nitrogens with zero attached hydrogens (tertiary/aromatic N) is 3. The van der Waals surface area contributed by atoms with Crippen molar-refractivity contribution in [2.24, 2.45) is 0 Å². The molecule has 166 valence electrons. The van der Waals surface area contributed by atoms with Crippen molar-refractivity contribution in [1.82, 2.24) is 14.8 Å². The number of carbonyl (C=O) groups excluding carboxylic acids is 1.